The van der Waals surface area contributed by atoms with Gasteiger partial charge in [0.15, 0.2) is 0 Å². The summed E-state index contributed by atoms with van der Waals surface area (Å²) < 4.78 is 2.49. The summed E-state index contributed by atoms with van der Waals surface area (Å²) in [5.41, 5.74) is 1.61. The van der Waals surface area contributed by atoms with Gasteiger partial charge in [0.05, 0.1) is 12.2 Å². The molecule has 146 valence electrons. The van der Waals surface area contributed by atoms with Crippen molar-refractivity contribution < 1.29 is 14.7 Å². The number of nitrogens with one attached hydrogen (secondary N) is 2. The maximum Gasteiger partial charge on any atom is 0.352 e. The summed E-state index contributed by atoms with van der Waals surface area (Å²) >= 11 is 9.26. The third-order valence-corrected chi connectivity index (χ3v) is 5.21. The van der Waals surface area contributed by atoms with Gasteiger partial charge in [-0.05, 0) is 48.0 Å². The second-order valence-electron chi connectivity index (χ2n) is 6.32. The van der Waals surface area contributed by atoms with Crippen LogP contribution in [0.15, 0.2) is 71.0 Å². The highest BCUT2D eigenvalue weighted by Gasteiger charge is 2.29. The average Bonchev–Trinajstić information content (AvgIpc) is 3.14. The van der Waals surface area contributed by atoms with E-state index in [0.29, 0.717) is 16.5 Å². The lowest BCUT2D eigenvalue weighted by molar-refractivity contribution is -0.132. The van der Waals surface area contributed by atoms with E-state index in [1.165, 1.54) is 6.20 Å². The van der Waals surface area contributed by atoms with Crippen LogP contribution in [0.3, 0.4) is 0 Å². The number of nitrogens with zero attached hydrogens (tertiary/aromatic N) is 2. The third-order valence-electron chi connectivity index (χ3n) is 4.43. The lowest BCUT2D eigenvalue weighted by Crippen LogP contribution is -2.25. The second kappa shape index (κ2) is 7.73. The highest BCUT2D eigenvalue weighted by atomic mass is 79.9. The number of aliphatic carboxylic acids is 1. The molecule has 2 aromatic carbocycles. The smallest absolute Gasteiger partial charge is 0.352 e. The Kier molecular flexibility index (Phi) is 5.12. The fourth-order valence-corrected chi connectivity index (χ4v) is 3.41. The molecule has 2 heterocycles. The maximum absolute atomic E-state index is 12.8. The van der Waals surface area contributed by atoms with Crippen LogP contribution in [-0.2, 0) is 4.79 Å². The predicted molar refractivity (Wildman–Crippen MR) is 113 cm³/mol. The van der Waals surface area contributed by atoms with Gasteiger partial charge in [-0.1, -0.05) is 39.7 Å². The van der Waals surface area contributed by atoms with Crippen molar-refractivity contribution in [1.29, 1.82) is 0 Å². The summed E-state index contributed by atoms with van der Waals surface area (Å²) in [6.07, 6.45) is 2.98. The predicted octanol–water partition coefficient (Wildman–Crippen LogP) is 4.53. The number of hydrogen-bond acceptors (Lipinski definition) is 4. The number of fused-ring (bicyclic) bond motifs is 1. The van der Waals surface area contributed by atoms with Gasteiger partial charge in [-0.3, -0.25) is 4.79 Å². The van der Waals surface area contributed by atoms with E-state index in [4.69, 9.17) is 11.6 Å². The number of benzene rings is 2. The summed E-state index contributed by atoms with van der Waals surface area (Å²) in [5.74, 6) is -1.23. The molecular weight excluding hydrogens is 460 g/mol. The summed E-state index contributed by atoms with van der Waals surface area (Å²) in [6, 6.07) is 13.7. The van der Waals surface area contributed by atoms with Crippen LogP contribution in [-0.4, -0.2) is 26.8 Å². The fourth-order valence-electron chi connectivity index (χ4n) is 3.02. The van der Waals surface area contributed by atoms with Crippen molar-refractivity contribution >= 4 is 50.9 Å². The number of anilines is 2. The van der Waals surface area contributed by atoms with Gasteiger partial charge in [0.2, 0.25) is 0 Å². The highest BCUT2D eigenvalue weighted by molar-refractivity contribution is 9.10. The fraction of sp³-hybridized carbons (Fsp3) is 0.0500. The number of hydrogen-bond donors (Lipinski definition) is 3. The second-order valence-corrected chi connectivity index (χ2v) is 7.67. The van der Waals surface area contributed by atoms with Crippen LogP contribution in [0.5, 0.6) is 0 Å². The normalized spacial score (nSPS) is 15.1. The number of aromatic nitrogens is 2. The third kappa shape index (κ3) is 3.90. The Hall–Kier alpha value is -3.10. The minimum Gasteiger partial charge on any atom is -0.477 e. The van der Waals surface area contributed by atoms with Gasteiger partial charge in [0.25, 0.3) is 5.91 Å². The first-order valence-electron chi connectivity index (χ1n) is 8.54. The summed E-state index contributed by atoms with van der Waals surface area (Å²) in [7, 11) is 0. The zero-order valence-electron chi connectivity index (χ0n) is 14.8. The van der Waals surface area contributed by atoms with Crippen LogP contribution in [0.2, 0.25) is 5.02 Å². The molecule has 0 saturated carbocycles. The van der Waals surface area contributed by atoms with Crippen molar-refractivity contribution in [2.45, 2.75) is 6.04 Å². The molecule has 0 saturated heterocycles. The van der Waals surface area contributed by atoms with Gasteiger partial charge >= 0.3 is 5.97 Å². The Labute approximate surface area is 179 Å². The molecule has 0 bridgehead atoms. The molecule has 0 unspecified atom stereocenters. The molecular formula is C20H14BrClN4O3. The molecule has 3 aromatic rings. The van der Waals surface area contributed by atoms with E-state index in [-0.39, 0.29) is 11.3 Å². The van der Waals surface area contributed by atoms with E-state index >= 15 is 0 Å². The topological polar surface area (TPSA) is 96.2 Å². The Morgan fingerprint density at radius 3 is 2.48 bits per heavy atom. The van der Waals surface area contributed by atoms with E-state index in [1.807, 2.05) is 24.3 Å². The molecule has 9 heteroatoms. The molecule has 29 heavy (non-hydrogen) atoms. The number of halogens is 2. The van der Waals surface area contributed by atoms with Crippen molar-refractivity contribution in [1.82, 2.24) is 9.78 Å². The summed E-state index contributed by atoms with van der Waals surface area (Å²) in [5, 5.41) is 20.0. The van der Waals surface area contributed by atoms with Gasteiger partial charge in [0.1, 0.15) is 17.1 Å². The molecule has 4 rings (SSSR count). The summed E-state index contributed by atoms with van der Waals surface area (Å²) in [6.45, 7) is 0. The van der Waals surface area contributed by atoms with E-state index in [0.717, 1.165) is 10.0 Å². The van der Waals surface area contributed by atoms with E-state index in [2.05, 4.69) is 31.7 Å². The number of carbonyl (C=O) groups excluding carboxylic acids is 1. The molecule has 0 aliphatic carbocycles. The minimum atomic E-state index is -1.12. The van der Waals surface area contributed by atoms with Gasteiger partial charge in [-0.15, -0.1) is 0 Å². The van der Waals surface area contributed by atoms with Crippen molar-refractivity contribution in [3.63, 3.8) is 0 Å². The zero-order valence-corrected chi connectivity index (χ0v) is 17.1. The molecule has 1 amide bonds. The molecule has 0 radical (unpaired) electrons. The molecule has 1 aromatic heterocycles. The largest absolute Gasteiger partial charge is 0.477 e. The maximum atomic E-state index is 12.8. The quantitative estimate of drug-likeness (QED) is 0.517. The first kappa shape index (κ1) is 19.2. The van der Waals surface area contributed by atoms with Gasteiger partial charge in [-0.2, -0.15) is 5.10 Å². The number of amides is 1. The Balaban J connectivity index is 1.70. The standard InChI is InChI=1S/C20H14BrClN4O3/c21-12-3-1-11(2-4-12)17-9-16(20(28)29)25-18-15(10-23-26(17)18)19(27)24-14-7-5-13(22)6-8-14/h1-10,17,25H,(H,24,27)(H,28,29)/t17-/m0/s1. The monoisotopic (exact) mass is 472 g/mol. The molecule has 1 aliphatic rings. The van der Waals surface area contributed by atoms with Crippen molar-refractivity contribution in [3.8, 4) is 0 Å². The minimum absolute atomic E-state index is 0.0218. The van der Waals surface area contributed by atoms with E-state index in [1.54, 1.807) is 35.0 Å². The molecule has 7 nitrogen and oxygen atoms in total. The van der Waals surface area contributed by atoms with Crippen LogP contribution >= 0.6 is 27.5 Å². The van der Waals surface area contributed by atoms with Crippen molar-refractivity contribution in [3.05, 3.63) is 87.1 Å². The van der Waals surface area contributed by atoms with Crippen LogP contribution in [0, 0.1) is 0 Å². The van der Waals surface area contributed by atoms with Crippen LogP contribution < -0.4 is 10.6 Å². The van der Waals surface area contributed by atoms with Gasteiger partial charge in [-0.25, -0.2) is 9.48 Å². The number of rotatable bonds is 4. The first-order valence-corrected chi connectivity index (χ1v) is 9.71. The van der Waals surface area contributed by atoms with Gasteiger partial charge < -0.3 is 15.7 Å². The Morgan fingerprint density at radius 1 is 1.14 bits per heavy atom. The lowest BCUT2D eigenvalue weighted by Gasteiger charge is -2.24. The highest BCUT2D eigenvalue weighted by Crippen LogP contribution is 2.33. The molecule has 0 fully saturated rings. The van der Waals surface area contributed by atoms with Gasteiger partial charge in [0, 0.05) is 15.2 Å². The summed E-state index contributed by atoms with van der Waals surface area (Å²) in [4.78, 5) is 24.4. The number of carboxylic acid groups (broad SMARTS) is 1. The molecule has 3 N–H and O–H groups in total. The van der Waals surface area contributed by atoms with E-state index < -0.39 is 17.9 Å². The van der Waals surface area contributed by atoms with Crippen LogP contribution in [0.25, 0.3) is 0 Å². The Bertz CT molecular complexity index is 1120. The average molecular weight is 474 g/mol. The number of carbonyl (C=O) groups is 2. The van der Waals surface area contributed by atoms with Crippen LogP contribution in [0.1, 0.15) is 22.0 Å². The molecule has 0 spiro atoms. The number of allylic oxidation sites excluding steroid dienone is 1. The SMILES string of the molecule is O=C(O)C1=C[C@@H](c2ccc(Br)cc2)n2ncc(C(=O)Nc3ccc(Cl)cc3)c2N1. The number of carboxylic acids is 1. The molecule has 1 atom stereocenters. The zero-order chi connectivity index (χ0) is 20.5. The Morgan fingerprint density at radius 2 is 1.83 bits per heavy atom. The first-order chi connectivity index (χ1) is 13.9. The van der Waals surface area contributed by atoms with Crippen molar-refractivity contribution in [2.24, 2.45) is 0 Å². The van der Waals surface area contributed by atoms with Crippen molar-refractivity contribution in [2.75, 3.05) is 10.6 Å². The molecule has 1 aliphatic heterocycles. The van der Waals surface area contributed by atoms with Crippen LogP contribution in [0.4, 0.5) is 11.5 Å². The lowest BCUT2D eigenvalue weighted by atomic mass is 10.0. The van der Waals surface area contributed by atoms with E-state index in [9.17, 15) is 14.7 Å².